The number of esters is 2. The van der Waals surface area contributed by atoms with Crippen molar-refractivity contribution in [3.8, 4) is 0 Å². The topological polar surface area (TPSA) is 52.6 Å². The van der Waals surface area contributed by atoms with Crippen LogP contribution in [0.3, 0.4) is 0 Å². The van der Waals surface area contributed by atoms with Crippen LogP contribution in [0.25, 0.3) is 0 Å². The summed E-state index contributed by atoms with van der Waals surface area (Å²) in [6.07, 6.45) is 1.70. The van der Waals surface area contributed by atoms with E-state index in [4.69, 9.17) is 9.47 Å². The van der Waals surface area contributed by atoms with Gasteiger partial charge in [-0.3, -0.25) is 9.59 Å². The van der Waals surface area contributed by atoms with Crippen molar-refractivity contribution in [1.29, 1.82) is 0 Å². The lowest BCUT2D eigenvalue weighted by Crippen LogP contribution is -2.10. The molecule has 0 rings (SSSR count). The summed E-state index contributed by atoms with van der Waals surface area (Å²) >= 11 is 0. The fourth-order valence-corrected chi connectivity index (χ4v) is 0.991. The highest BCUT2D eigenvalue weighted by Crippen LogP contribution is 2.06. The Bertz CT molecular complexity index is 189. The molecule has 82 valence electrons. The molecule has 0 radical (unpaired) electrons. The van der Waals surface area contributed by atoms with Gasteiger partial charge >= 0.3 is 11.9 Å². The minimum absolute atomic E-state index is 0.252. The van der Waals surface area contributed by atoms with E-state index in [1.54, 1.807) is 0 Å². The fraction of sp³-hybridized carbons (Fsp3) is 0.800. The first kappa shape index (κ1) is 12.9. The lowest BCUT2D eigenvalue weighted by Gasteiger charge is -2.10. The third-order valence-electron chi connectivity index (χ3n) is 1.72. The summed E-state index contributed by atoms with van der Waals surface area (Å²) in [7, 11) is 0. The number of ether oxygens (including phenoxy) is 2. The predicted octanol–water partition coefficient (Wildman–Crippen LogP) is 1.53. The van der Waals surface area contributed by atoms with E-state index in [-0.39, 0.29) is 11.9 Å². The molecule has 14 heavy (non-hydrogen) atoms. The molecule has 0 amide bonds. The summed E-state index contributed by atoms with van der Waals surface area (Å²) in [6.45, 7) is 5.67. The van der Waals surface area contributed by atoms with Crippen LogP contribution in [-0.2, 0) is 19.1 Å². The molecular formula is C10H18O4. The highest BCUT2D eigenvalue weighted by molar-refractivity contribution is 5.66. The van der Waals surface area contributed by atoms with Crippen LogP contribution in [0.4, 0.5) is 0 Å². The summed E-state index contributed by atoms with van der Waals surface area (Å²) in [6, 6.07) is 0. The van der Waals surface area contributed by atoms with E-state index in [1.165, 1.54) is 13.8 Å². The molecule has 0 saturated carbocycles. The van der Waals surface area contributed by atoms with Gasteiger partial charge in [0.05, 0.1) is 13.2 Å². The summed E-state index contributed by atoms with van der Waals surface area (Å²) in [4.78, 5) is 20.9. The average Bonchev–Trinajstić information content (AvgIpc) is 2.08. The Hall–Kier alpha value is -1.06. The highest BCUT2D eigenvalue weighted by atomic mass is 16.5. The van der Waals surface area contributed by atoms with Crippen molar-refractivity contribution >= 4 is 11.9 Å². The van der Waals surface area contributed by atoms with E-state index in [0.717, 1.165) is 12.8 Å². The van der Waals surface area contributed by atoms with Gasteiger partial charge in [-0.2, -0.15) is 0 Å². The van der Waals surface area contributed by atoms with Gasteiger partial charge in [0.15, 0.2) is 0 Å². The fourth-order valence-electron chi connectivity index (χ4n) is 0.991. The summed E-state index contributed by atoms with van der Waals surface area (Å²) in [5.41, 5.74) is 0. The SMILES string of the molecule is CC(=O)OCCCC(C)COC(C)=O. The maximum Gasteiger partial charge on any atom is 0.302 e. The molecule has 0 aromatic heterocycles. The largest absolute Gasteiger partial charge is 0.466 e. The van der Waals surface area contributed by atoms with Crippen LogP contribution in [0.1, 0.15) is 33.6 Å². The normalized spacial score (nSPS) is 11.9. The van der Waals surface area contributed by atoms with Gasteiger partial charge in [-0.1, -0.05) is 6.92 Å². The van der Waals surface area contributed by atoms with Gasteiger partial charge in [0, 0.05) is 13.8 Å². The molecule has 1 unspecified atom stereocenters. The van der Waals surface area contributed by atoms with Crippen molar-refractivity contribution in [2.45, 2.75) is 33.6 Å². The molecule has 4 nitrogen and oxygen atoms in total. The summed E-state index contributed by atoms with van der Waals surface area (Å²) in [5, 5.41) is 0. The first-order valence-corrected chi connectivity index (χ1v) is 4.79. The number of rotatable bonds is 6. The first-order valence-electron chi connectivity index (χ1n) is 4.79. The summed E-state index contributed by atoms with van der Waals surface area (Å²) < 4.78 is 9.61. The average molecular weight is 202 g/mol. The molecule has 0 aliphatic heterocycles. The van der Waals surface area contributed by atoms with E-state index in [1.807, 2.05) is 6.92 Å². The standard InChI is InChI=1S/C10H18O4/c1-8(7-14-10(3)12)5-4-6-13-9(2)11/h8H,4-7H2,1-3H3. The van der Waals surface area contributed by atoms with Crippen molar-refractivity contribution < 1.29 is 19.1 Å². The maximum absolute atomic E-state index is 10.5. The Morgan fingerprint density at radius 1 is 1.14 bits per heavy atom. The molecule has 0 aliphatic carbocycles. The zero-order chi connectivity index (χ0) is 11.0. The van der Waals surface area contributed by atoms with E-state index in [9.17, 15) is 9.59 Å². The van der Waals surface area contributed by atoms with Gasteiger partial charge in [0.2, 0.25) is 0 Å². The van der Waals surface area contributed by atoms with E-state index in [2.05, 4.69) is 0 Å². The van der Waals surface area contributed by atoms with Gasteiger partial charge in [-0.25, -0.2) is 0 Å². The third kappa shape index (κ3) is 9.03. The first-order chi connectivity index (χ1) is 6.52. The van der Waals surface area contributed by atoms with E-state index in [0.29, 0.717) is 19.1 Å². The molecule has 0 heterocycles. The van der Waals surface area contributed by atoms with Crippen molar-refractivity contribution in [1.82, 2.24) is 0 Å². The Labute approximate surface area is 84.6 Å². The van der Waals surface area contributed by atoms with Crippen LogP contribution in [-0.4, -0.2) is 25.2 Å². The number of hydrogen-bond acceptors (Lipinski definition) is 4. The Kier molecular flexibility index (Phi) is 6.80. The van der Waals surface area contributed by atoms with Crippen LogP contribution in [0.15, 0.2) is 0 Å². The molecule has 4 heteroatoms. The molecule has 0 N–H and O–H groups in total. The van der Waals surface area contributed by atoms with Crippen LogP contribution < -0.4 is 0 Å². The molecule has 0 spiro atoms. The molecule has 1 atom stereocenters. The van der Waals surface area contributed by atoms with Crippen LogP contribution in [0.2, 0.25) is 0 Å². The second-order valence-electron chi connectivity index (χ2n) is 3.39. The smallest absolute Gasteiger partial charge is 0.302 e. The van der Waals surface area contributed by atoms with Crippen LogP contribution in [0.5, 0.6) is 0 Å². The second kappa shape index (κ2) is 7.35. The molecule has 0 saturated heterocycles. The van der Waals surface area contributed by atoms with Gasteiger partial charge in [0.25, 0.3) is 0 Å². The molecule has 0 aliphatic rings. The van der Waals surface area contributed by atoms with E-state index < -0.39 is 0 Å². The number of carbonyl (C=O) groups is 2. The van der Waals surface area contributed by atoms with Crippen molar-refractivity contribution in [3.05, 3.63) is 0 Å². The van der Waals surface area contributed by atoms with Crippen molar-refractivity contribution in [2.75, 3.05) is 13.2 Å². The zero-order valence-corrected chi connectivity index (χ0v) is 9.04. The monoisotopic (exact) mass is 202 g/mol. The Morgan fingerprint density at radius 3 is 2.21 bits per heavy atom. The summed E-state index contributed by atoms with van der Waals surface area (Å²) in [5.74, 6) is -0.191. The molecule has 0 aromatic rings. The van der Waals surface area contributed by atoms with Gasteiger partial charge in [0.1, 0.15) is 0 Å². The predicted molar refractivity (Wildman–Crippen MR) is 51.7 cm³/mol. The van der Waals surface area contributed by atoms with Crippen LogP contribution in [0, 0.1) is 5.92 Å². The highest BCUT2D eigenvalue weighted by Gasteiger charge is 2.04. The number of carbonyl (C=O) groups excluding carboxylic acids is 2. The van der Waals surface area contributed by atoms with Gasteiger partial charge in [-0.15, -0.1) is 0 Å². The van der Waals surface area contributed by atoms with Crippen LogP contribution >= 0.6 is 0 Å². The quantitative estimate of drug-likeness (QED) is 0.484. The van der Waals surface area contributed by atoms with Crippen molar-refractivity contribution in [2.24, 2.45) is 5.92 Å². The number of hydrogen-bond donors (Lipinski definition) is 0. The van der Waals surface area contributed by atoms with Crippen molar-refractivity contribution in [3.63, 3.8) is 0 Å². The van der Waals surface area contributed by atoms with Gasteiger partial charge in [-0.05, 0) is 18.8 Å². The second-order valence-corrected chi connectivity index (χ2v) is 3.39. The minimum Gasteiger partial charge on any atom is -0.466 e. The zero-order valence-electron chi connectivity index (χ0n) is 9.04. The Balaban J connectivity index is 3.30. The molecular weight excluding hydrogens is 184 g/mol. The Morgan fingerprint density at radius 2 is 1.71 bits per heavy atom. The molecule has 0 bridgehead atoms. The lowest BCUT2D eigenvalue weighted by atomic mass is 10.1. The third-order valence-corrected chi connectivity index (χ3v) is 1.72. The van der Waals surface area contributed by atoms with Gasteiger partial charge < -0.3 is 9.47 Å². The molecule has 0 fully saturated rings. The molecule has 0 aromatic carbocycles. The lowest BCUT2D eigenvalue weighted by molar-refractivity contribution is -0.142. The minimum atomic E-state index is -0.253. The maximum atomic E-state index is 10.5. The van der Waals surface area contributed by atoms with E-state index >= 15 is 0 Å².